The van der Waals surface area contributed by atoms with E-state index in [0.717, 1.165) is 74.3 Å². The van der Waals surface area contributed by atoms with Crippen molar-refractivity contribution in [2.24, 2.45) is 11.8 Å². The molecule has 3 aliphatic rings. The van der Waals surface area contributed by atoms with E-state index in [0.29, 0.717) is 12.5 Å². The molecule has 2 aromatic rings. The molecule has 1 aliphatic carbocycles. The summed E-state index contributed by atoms with van der Waals surface area (Å²) in [7, 11) is 0. The molecule has 3 fully saturated rings. The monoisotopic (exact) mass is 469 g/mol. The van der Waals surface area contributed by atoms with Crippen molar-refractivity contribution in [3.8, 4) is 0 Å². The zero-order chi connectivity index (χ0) is 23.7. The molecule has 1 aromatic heterocycles. The summed E-state index contributed by atoms with van der Waals surface area (Å²) in [5, 5.41) is 11.0. The second kappa shape index (κ2) is 10.7. The lowest BCUT2D eigenvalue weighted by Gasteiger charge is -2.42. The lowest BCUT2D eigenvalue weighted by Crippen LogP contribution is -2.44. The molecule has 0 bridgehead atoms. The fourth-order valence-corrected chi connectivity index (χ4v) is 7.18. The first-order valence-corrected chi connectivity index (χ1v) is 13.9. The second-order valence-corrected chi connectivity index (χ2v) is 11.5. The maximum Gasteiger partial charge on any atom is 0.123 e. The van der Waals surface area contributed by atoms with Crippen molar-refractivity contribution in [1.29, 1.82) is 0 Å². The van der Waals surface area contributed by atoms with Gasteiger partial charge in [0.2, 0.25) is 0 Å². The maximum absolute atomic E-state index is 14.4. The zero-order valence-electron chi connectivity index (χ0n) is 21.3. The molecule has 2 aliphatic heterocycles. The van der Waals surface area contributed by atoms with Crippen LogP contribution < -0.4 is 0 Å². The third-order valence-corrected chi connectivity index (χ3v) is 9.18. The van der Waals surface area contributed by atoms with Gasteiger partial charge in [0.05, 0.1) is 0 Å². The van der Waals surface area contributed by atoms with E-state index in [4.69, 9.17) is 0 Å². The second-order valence-electron chi connectivity index (χ2n) is 11.5. The Morgan fingerprint density at radius 1 is 0.941 bits per heavy atom. The van der Waals surface area contributed by atoms with Crippen molar-refractivity contribution in [2.75, 3.05) is 32.8 Å². The van der Waals surface area contributed by atoms with Gasteiger partial charge in [-0.05, 0) is 100 Å². The molecule has 34 heavy (non-hydrogen) atoms. The number of hydrogen-bond donors (Lipinski definition) is 1. The van der Waals surface area contributed by atoms with Crippen LogP contribution in [0.15, 0.2) is 18.2 Å². The molecule has 0 radical (unpaired) electrons. The molecule has 0 amide bonds. The number of nitrogens with zero attached hydrogens (tertiary/aromatic N) is 3. The third kappa shape index (κ3) is 4.94. The normalized spacial score (nSPS) is 25.7. The average molecular weight is 470 g/mol. The summed E-state index contributed by atoms with van der Waals surface area (Å²) in [4.78, 5) is 5.26. The van der Waals surface area contributed by atoms with E-state index in [-0.39, 0.29) is 12.4 Å². The molecule has 2 saturated heterocycles. The molecular weight excluding hydrogens is 425 g/mol. The van der Waals surface area contributed by atoms with Gasteiger partial charge in [-0.3, -0.25) is 4.90 Å². The van der Waals surface area contributed by atoms with Gasteiger partial charge in [0.25, 0.3) is 0 Å². The Labute approximate surface area is 205 Å². The van der Waals surface area contributed by atoms with Crippen molar-refractivity contribution in [1.82, 2.24) is 14.4 Å². The van der Waals surface area contributed by atoms with E-state index in [1.165, 1.54) is 49.8 Å². The highest BCUT2D eigenvalue weighted by atomic mass is 19.1. The summed E-state index contributed by atoms with van der Waals surface area (Å²) in [6.07, 6.45) is 10.9. The van der Waals surface area contributed by atoms with Crippen LogP contribution in [0.5, 0.6) is 0 Å². The number of rotatable bonds is 7. The quantitative estimate of drug-likeness (QED) is 0.559. The number of aliphatic hydroxyl groups excluding tert-OH is 1. The van der Waals surface area contributed by atoms with Crippen LogP contribution in [0.25, 0.3) is 10.9 Å². The van der Waals surface area contributed by atoms with Gasteiger partial charge in [-0.2, -0.15) is 0 Å². The van der Waals surface area contributed by atoms with E-state index >= 15 is 0 Å². The first-order chi connectivity index (χ1) is 16.5. The van der Waals surface area contributed by atoms with Crippen molar-refractivity contribution in [3.63, 3.8) is 0 Å². The van der Waals surface area contributed by atoms with Gasteiger partial charge in [0.15, 0.2) is 0 Å². The molecule has 1 aromatic carbocycles. The largest absolute Gasteiger partial charge is 0.396 e. The maximum atomic E-state index is 14.4. The van der Waals surface area contributed by atoms with Crippen LogP contribution in [-0.4, -0.2) is 58.3 Å². The summed E-state index contributed by atoms with van der Waals surface area (Å²) < 4.78 is 16.9. The van der Waals surface area contributed by atoms with Crippen LogP contribution in [0.4, 0.5) is 4.39 Å². The number of fused-ring (bicyclic) bond motifs is 1. The van der Waals surface area contributed by atoms with E-state index in [2.05, 4.69) is 28.2 Å². The van der Waals surface area contributed by atoms with Crippen molar-refractivity contribution in [2.45, 2.75) is 90.3 Å². The highest BCUT2D eigenvalue weighted by Crippen LogP contribution is 2.38. The molecule has 5 heteroatoms. The summed E-state index contributed by atoms with van der Waals surface area (Å²) >= 11 is 0. The molecule has 1 N–H and O–H groups in total. The Kier molecular flexibility index (Phi) is 7.62. The zero-order valence-corrected chi connectivity index (χ0v) is 21.3. The highest BCUT2D eigenvalue weighted by molar-refractivity contribution is 5.86. The predicted molar refractivity (Wildman–Crippen MR) is 138 cm³/mol. The van der Waals surface area contributed by atoms with Crippen LogP contribution in [-0.2, 0) is 13.0 Å². The summed E-state index contributed by atoms with van der Waals surface area (Å²) in [5.41, 5.74) is 3.65. The Morgan fingerprint density at radius 3 is 2.29 bits per heavy atom. The van der Waals surface area contributed by atoms with E-state index in [9.17, 15) is 9.50 Å². The Morgan fingerprint density at radius 2 is 1.65 bits per heavy atom. The average Bonchev–Trinajstić information content (AvgIpc) is 3.46. The minimum atomic E-state index is -0.158. The number of aliphatic hydroxyl groups is 1. The SMILES string of the molecule is CC(C)[C@H]1CC[C@@H](N2CCC(n3c(CCO)c(CN4CCCC4)c4cc(F)ccc43)CC2)CC1. The van der Waals surface area contributed by atoms with Crippen molar-refractivity contribution >= 4 is 10.9 Å². The van der Waals surface area contributed by atoms with Gasteiger partial charge >= 0.3 is 0 Å². The van der Waals surface area contributed by atoms with Gasteiger partial charge in [0.1, 0.15) is 5.82 Å². The summed E-state index contributed by atoms with van der Waals surface area (Å²) in [6, 6.07) is 6.53. The molecule has 0 atom stereocenters. The lowest BCUT2D eigenvalue weighted by atomic mass is 9.79. The van der Waals surface area contributed by atoms with Gasteiger partial charge in [0, 0.05) is 61.3 Å². The molecule has 0 unspecified atom stereocenters. The van der Waals surface area contributed by atoms with Gasteiger partial charge < -0.3 is 14.6 Å². The number of piperidine rings is 1. The summed E-state index contributed by atoms with van der Waals surface area (Å²) in [5.74, 6) is 1.57. The van der Waals surface area contributed by atoms with Crippen LogP contribution in [0.2, 0.25) is 0 Å². The van der Waals surface area contributed by atoms with E-state index in [1.807, 2.05) is 6.07 Å². The molecule has 0 spiro atoms. The number of aromatic nitrogens is 1. The summed E-state index contributed by atoms with van der Waals surface area (Å²) in [6.45, 7) is 10.3. The lowest BCUT2D eigenvalue weighted by molar-refractivity contribution is 0.0888. The molecule has 5 rings (SSSR count). The van der Waals surface area contributed by atoms with Crippen molar-refractivity contribution < 1.29 is 9.50 Å². The topological polar surface area (TPSA) is 31.6 Å². The van der Waals surface area contributed by atoms with Gasteiger partial charge in [-0.25, -0.2) is 4.39 Å². The van der Waals surface area contributed by atoms with Crippen LogP contribution in [0.1, 0.15) is 82.5 Å². The predicted octanol–water partition coefficient (Wildman–Crippen LogP) is 5.76. The van der Waals surface area contributed by atoms with Gasteiger partial charge in [-0.15, -0.1) is 0 Å². The first kappa shape index (κ1) is 24.3. The molecular formula is C29H44FN3O. The standard InChI is InChI=1S/C29H44FN3O/c1-21(2)22-5-8-24(9-6-22)32-16-11-25(12-17-32)33-28-10-7-23(30)19-26(28)27(29(33)13-18-34)20-31-14-3-4-15-31/h7,10,19,21-22,24-25,34H,3-6,8-9,11-18,20H2,1-2H3/t22-,24+. The fourth-order valence-electron chi connectivity index (χ4n) is 7.18. The minimum Gasteiger partial charge on any atom is -0.396 e. The van der Waals surface area contributed by atoms with Gasteiger partial charge in [-0.1, -0.05) is 13.8 Å². The fraction of sp³-hybridized carbons (Fsp3) is 0.724. The first-order valence-electron chi connectivity index (χ1n) is 13.9. The van der Waals surface area contributed by atoms with Crippen molar-refractivity contribution in [3.05, 3.63) is 35.3 Å². The minimum absolute atomic E-state index is 0.143. The third-order valence-electron chi connectivity index (χ3n) is 9.18. The Hall–Kier alpha value is -1.43. The molecule has 1 saturated carbocycles. The number of hydrogen-bond acceptors (Lipinski definition) is 3. The molecule has 188 valence electrons. The smallest absolute Gasteiger partial charge is 0.123 e. The van der Waals surface area contributed by atoms with Crippen LogP contribution in [0.3, 0.4) is 0 Å². The number of halogens is 1. The molecule has 4 nitrogen and oxygen atoms in total. The number of likely N-dealkylation sites (tertiary alicyclic amines) is 2. The Balaban J connectivity index is 1.36. The highest BCUT2D eigenvalue weighted by Gasteiger charge is 2.32. The molecule has 3 heterocycles. The number of benzene rings is 1. The van der Waals surface area contributed by atoms with Crippen LogP contribution >= 0.6 is 0 Å². The van der Waals surface area contributed by atoms with E-state index < -0.39 is 0 Å². The Bertz CT molecular complexity index is 948. The van der Waals surface area contributed by atoms with E-state index in [1.54, 1.807) is 12.1 Å². The van der Waals surface area contributed by atoms with Crippen LogP contribution in [0, 0.1) is 17.7 Å².